The number of aromatic nitrogens is 3. The summed E-state index contributed by atoms with van der Waals surface area (Å²) in [5.74, 6) is 0. The van der Waals surface area contributed by atoms with Crippen LogP contribution in [0.5, 0.6) is 0 Å². The minimum Gasteiger partial charge on any atom is -0.292 e. The van der Waals surface area contributed by atoms with E-state index in [1.165, 1.54) is 27.1 Å². The van der Waals surface area contributed by atoms with Gasteiger partial charge in [-0.1, -0.05) is 66.7 Å². The van der Waals surface area contributed by atoms with Crippen LogP contribution in [0.3, 0.4) is 0 Å². The first kappa shape index (κ1) is 25.8. The summed E-state index contributed by atoms with van der Waals surface area (Å²) in [7, 11) is 0. The van der Waals surface area contributed by atoms with Gasteiger partial charge in [0.25, 0.3) is 0 Å². The molecule has 5 nitrogen and oxygen atoms in total. The Morgan fingerprint density at radius 2 is 0.825 bits per heavy atom. The van der Waals surface area contributed by atoms with Crippen LogP contribution in [0.4, 0.5) is 0 Å². The van der Waals surface area contributed by atoms with Crippen LogP contribution in [0, 0.1) is 0 Å². The SMILES string of the molecule is c1ccc(CN(CCN(Cc2ccccn2)Cc2c3ccccc3cc3ccccc23)Cc2ccccn2)nc1. The Hall–Kier alpha value is -4.45. The third-order valence-electron chi connectivity index (χ3n) is 7.33. The number of hydrogen-bond donors (Lipinski definition) is 0. The second-order valence-corrected chi connectivity index (χ2v) is 10.2. The lowest BCUT2D eigenvalue weighted by atomic mass is 9.96. The van der Waals surface area contributed by atoms with Crippen molar-refractivity contribution in [2.24, 2.45) is 0 Å². The molecule has 0 unspecified atom stereocenters. The molecular formula is C35H33N5. The highest BCUT2D eigenvalue weighted by atomic mass is 15.2. The van der Waals surface area contributed by atoms with Crippen molar-refractivity contribution >= 4 is 21.5 Å². The number of pyridine rings is 3. The van der Waals surface area contributed by atoms with Crippen LogP contribution in [-0.4, -0.2) is 37.8 Å². The molecule has 3 heterocycles. The summed E-state index contributed by atoms with van der Waals surface area (Å²) in [5, 5.41) is 5.18. The molecule has 0 spiro atoms. The van der Waals surface area contributed by atoms with Crippen molar-refractivity contribution in [1.29, 1.82) is 0 Å². The molecule has 0 saturated heterocycles. The zero-order valence-corrected chi connectivity index (χ0v) is 22.6. The second-order valence-electron chi connectivity index (χ2n) is 10.2. The van der Waals surface area contributed by atoms with Crippen molar-refractivity contribution in [3.8, 4) is 0 Å². The number of benzene rings is 3. The lowest BCUT2D eigenvalue weighted by molar-refractivity contribution is 0.180. The van der Waals surface area contributed by atoms with E-state index in [-0.39, 0.29) is 0 Å². The van der Waals surface area contributed by atoms with Crippen LogP contribution in [0.2, 0.25) is 0 Å². The molecule has 0 atom stereocenters. The van der Waals surface area contributed by atoms with Gasteiger partial charge in [0.1, 0.15) is 0 Å². The molecule has 0 aliphatic carbocycles. The van der Waals surface area contributed by atoms with Gasteiger partial charge in [0.05, 0.1) is 17.1 Å². The van der Waals surface area contributed by atoms with Crippen molar-refractivity contribution < 1.29 is 0 Å². The van der Waals surface area contributed by atoms with Crippen LogP contribution in [0.1, 0.15) is 22.6 Å². The van der Waals surface area contributed by atoms with Gasteiger partial charge in [-0.3, -0.25) is 24.8 Å². The number of nitrogens with zero attached hydrogens (tertiary/aromatic N) is 5. The minimum atomic E-state index is 0.770. The van der Waals surface area contributed by atoms with Crippen LogP contribution in [0.25, 0.3) is 21.5 Å². The van der Waals surface area contributed by atoms with E-state index in [1.807, 2.05) is 36.8 Å². The smallest absolute Gasteiger partial charge is 0.0544 e. The highest BCUT2D eigenvalue weighted by Crippen LogP contribution is 2.30. The van der Waals surface area contributed by atoms with E-state index in [4.69, 9.17) is 0 Å². The highest BCUT2D eigenvalue weighted by Gasteiger charge is 2.16. The average molecular weight is 524 g/mol. The van der Waals surface area contributed by atoms with Crippen LogP contribution in [0.15, 0.2) is 128 Å². The molecule has 6 rings (SSSR count). The summed E-state index contributed by atoms with van der Waals surface area (Å²) in [5.41, 5.74) is 4.57. The molecule has 198 valence electrons. The molecule has 6 aromatic rings. The largest absolute Gasteiger partial charge is 0.292 e. The molecule has 0 bridgehead atoms. The molecule has 40 heavy (non-hydrogen) atoms. The van der Waals surface area contributed by atoms with Gasteiger partial charge in [-0.25, -0.2) is 0 Å². The second kappa shape index (κ2) is 12.6. The molecular weight excluding hydrogens is 490 g/mol. The fourth-order valence-corrected chi connectivity index (χ4v) is 5.38. The summed E-state index contributed by atoms with van der Waals surface area (Å²) < 4.78 is 0. The molecule has 5 heteroatoms. The monoisotopic (exact) mass is 523 g/mol. The van der Waals surface area contributed by atoms with Crippen molar-refractivity contribution in [3.05, 3.63) is 150 Å². The molecule has 0 N–H and O–H groups in total. The predicted octanol–water partition coefficient (Wildman–Crippen LogP) is 6.88. The fourth-order valence-electron chi connectivity index (χ4n) is 5.38. The Balaban J connectivity index is 1.31. The van der Waals surface area contributed by atoms with Crippen LogP contribution < -0.4 is 0 Å². The number of fused-ring (bicyclic) bond motifs is 2. The van der Waals surface area contributed by atoms with Gasteiger partial charge in [0, 0.05) is 57.9 Å². The fraction of sp³-hybridized carbons (Fsp3) is 0.171. The van der Waals surface area contributed by atoms with Crippen LogP contribution in [-0.2, 0) is 26.2 Å². The van der Waals surface area contributed by atoms with Crippen LogP contribution >= 0.6 is 0 Å². The molecule has 0 fully saturated rings. The van der Waals surface area contributed by atoms with Crippen molar-refractivity contribution in [2.45, 2.75) is 26.2 Å². The first-order valence-electron chi connectivity index (χ1n) is 13.9. The molecule has 0 saturated carbocycles. The van der Waals surface area contributed by atoms with E-state index >= 15 is 0 Å². The Morgan fingerprint density at radius 3 is 1.25 bits per heavy atom. The van der Waals surface area contributed by atoms with Gasteiger partial charge in [-0.15, -0.1) is 0 Å². The van der Waals surface area contributed by atoms with Gasteiger partial charge >= 0.3 is 0 Å². The summed E-state index contributed by atoms with van der Waals surface area (Å²) in [6.07, 6.45) is 5.62. The zero-order valence-electron chi connectivity index (χ0n) is 22.6. The Kier molecular flexibility index (Phi) is 8.13. The molecule has 0 aliphatic rings. The molecule has 0 amide bonds. The van der Waals surface area contributed by atoms with Gasteiger partial charge in [-0.2, -0.15) is 0 Å². The summed E-state index contributed by atoms with van der Waals surface area (Å²) in [6, 6.07) is 38.2. The summed E-state index contributed by atoms with van der Waals surface area (Å²) in [4.78, 5) is 18.9. The topological polar surface area (TPSA) is 45.2 Å². The third kappa shape index (κ3) is 6.40. The predicted molar refractivity (Wildman–Crippen MR) is 162 cm³/mol. The number of hydrogen-bond acceptors (Lipinski definition) is 5. The lowest BCUT2D eigenvalue weighted by Gasteiger charge is -2.28. The number of rotatable bonds is 11. The quantitative estimate of drug-likeness (QED) is 0.173. The first-order chi connectivity index (χ1) is 19.8. The van der Waals surface area contributed by atoms with Gasteiger partial charge in [-0.05, 0) is 69.6 Å². The maximum Gasteiger partial charge on any atom is 0.0544 e. The van der Waals surface area contributed by atoms with Crippen molar-refractivity contribution in [1.82, 2.24) is 24.8 Å². The Bertz CT molecular complexity index is 1560. The standard InChI is InChI=1S/C35H33N5/c1-3-16-33-28(11-1)23-29-12-2-4-17-34(29)35(33)27-40(26-32-15-7-10-20-38-32)22-21-39(24-30-13-5-8-18-36-30)25-31-14-6-9-19-37-31/h1-20,23H,21-22,24-27H2. The highest BCUT2D eigenvalue weighted by molar-refractivity contribution is 6.02. The van der Waals surface area contributed by atoms with E-state index < -0.39 is 0 Å². The zero-order chi connectivity index (χ0) is 27.0. The third-order valence-corrected chi connectivity index (χ3v) is 7.33. The average Bonchev–Trinajstić information content (AvgIpc) is 3.01. The van der Waals surface area contributed by atoms with E-state index in [0.29, 0.717) is 0 Å². The van der Waals surface area contributed by atoms with E-state index in [0.717, 1.165) is 56.4 Å². The molecule has 0 aliphatic heterocycles. The maximum absolute atomic E-state index is 4.67. The summed E-state index contributed by atoms with van der Waals surface area (Å²) >= 11 is 0. The first-order valence-corrected chi connectivity index (χ1v) is 13.9. The minimum absolute atomic E-state index is 0.770. The van der Waals surface area contributed by atoms with Gasteiger partial charge < -0.3 is 0 Å². The van der Waals surface area contributed by atoms with E-state index in [1.54, 1.807) is 0 Å². The summed E-state index contributed by atoms with van der Waals surface area (Å²) in [6.45, 7) is 4.91. The molecule has 3 aromatic heterocycles. The Morgan fingerprint density at radius 1 is 0.425 bits per heavy atom. The van der Waals surface area contributed by atoms with Crippen molar-refractivity contribution in [3.63, 3.8) is 0 Å². The van der Waals surface area contributed by atoms with E-state index in [9.17, 15) is 0 Å². The lowest BCUT2D eigenvalue weighted by Crippen LogP contribution is -2.35. The normalized spacial score (nSPS) is 11.6. The van der Waals surface area contributed by atoms with E-state index in [2.05, 4.69) is 116 Å². The molecule has 3 aromatic carbocycles. The maximum atomic E-state index is 4.67. The van der Waals surface area contributed by atoms with Gasteiger partial charge in [0.15, 0.2) is 0 Å². The van der Waals surface area contributed by atoms with Gasteiger partial charge in [0.2, 0.25) is 0 Å². The Labute approximate surface area is 235 Å². The van der Waals surface area contributed by atoms with Crippen molar-refractivity contribution in [2.75, 3.05) is 13.1 Å². The molecule has 0 radical (unpaired) electrons.